The minimum absolute atomic E-state index is 0.185. The van der Waals surface area contributed by atoms with Crippen LogP contribution in [0.15, 0.2) is 11.6 Å². The topological polar surface area (TPSA) is 32.3 Å². The van der Waals surface area contributed by atoms with Crippen molar-refractivity contribution in [2.45, 2.75) is 105 Å². The molecule has 1 unspecified atom stereocenters. The van der Waals surface area contributed by atoms with E-state index < -0.39 is 0 Å². The van der Waals surface area contributed by atoms with Gasteiger partial charge in [0.2, 0.25) is 5.91 Å². The third kappa shape index (κ3) is 5.41. The van der Waals surface area contributed by atoms with Crippen LogP contribution in [0.25, 0.3) is 0 Å². The van der Waals surface area contributed by atoms with Crippen molar-refractivity contribution < 1.29 is 4.79 Å². The second kappa shape index (κ2) is 10.9. The Labute approximate surface area is 217 Å². The van der Waals surface area contributed by atoms with Crippen LogP contribution < -0.4 is 5.32 Å². The predicted octanol–water partition coefficient (Wildman–Crippen LogP) is 7.32. The van der Waals surface area contributed by atoms with Gasteiger partial charge in [-0.15, -0.1) is 0 Å². The average molecular weight is 485 g/mol. The van der Waals surface area contributed by atoms with Crippen molar-refractivity contribution in [3.05, 3.63) is 11.6 Å². The molecule has 1 amide bonds. The van der Waals surface area contributed by atoms with Crippen molar-refractivity contribution in [1.82, 2.24) is 10.2 Å². The van der Waals surface area contributed by atoms with Crippen molar-refractivity contribution in [2.24, 2.45) is 52.3 Å². The minimum Gasteiger partial charge on any atom is -0.355 e. The van der Waals surface area contributed by atoms with Crippen LogP contribution in [0.2, 0.25) is 0 Å². The summed E-state index contributed by atoms with van der Waals surface area (Å²) < 4.78 is 0. The van der Waals surface area contributed by atoms with E-state index >= 15 is 0 Å². The number of rotatable bonds is 9. The van der Waals surface area contributed by atoms with Crippen molar-refractivity contribution in [1.29, 1.82) is 0 Å². The van der Waals surface area contributed by atoms with Crippen molar-refractivity contribution in [2.75, 3.05) is 27.2 Å². The average Bonchev–Trinajstić information content (AvgIpc) is 3.15. The molecule has 3 nitrogen and oxygen atoms in total. The second-order valence-electron chi connectivity index (χ2n) is 14.3. The SMILES string of the molecule is CC(C)CCC[C@@H](C)[C@H]1CC[C@H]2[C@@H]3CC=C4CC(C(=O)NCCN(C)C)CC[C@]4(C)[C@H]3CC[C@]12C. The molecule has 0 spiro atoms. The van der Waals surface area contributed by atoms with Gasteiger partial charge in [-0.25, -0.2) is 0 Å². The lowest BCUT2D eigenvalue weighted by molar-refractivity contribution is -0.126. The summed E-state index contributed by atoms with van der Waals surface area (Å²) in [5.74, 6) is 5.76. The third-order valence-electron chi connectivity index (χ3n) is 11.5. The zero-order valence-electron chi connectivity index (χ0n) is 24.2. The van der Waals surface area contributed by atoms with Crippen LogP contribution in [0.1, 0.15) is 105 Å². The van der Waals surface area contributed by atoms with E-state index in [0.29, 0.717) is 16.7 Å². The summed E-state index contributed by atoms with van der Waals surface area (Å²) in [4.78, 5) is 15.0. The summed E-state index contributed by atoms with van der Waals surface area (Å²) >= 11 is 0. The number of likely N-dealkylation sites (N-methyl/N-ethyl adjacent to an activating group) is 1. The van der Waals surface area contributed by atoms with Crippen molar-refractivity contribution in [3.8, 4) is 0 Å². The van der Waals surface area contributed by atoms with Crippen molar-refractivity contribution in [3.63, 3.8) is 0 Å². The molecular formula is C32H56N2O. The molecule has 4 aliphatic rings. The van der Waals surface area contributed by atoms with E-state index in [-0.39, 0.29) is 5.92 Å². The van der Waals surface area contributed by atoms with Crippen LogP contribution in [0.5, 0.6) is 0 Å². The molecule has 4 rings (SSSR count). The molecule has 3 fully saturated rings. The molecule has 1 N–H and O–H groups in total. The fourth-order valence-corrected chi connectivity index (χ4v) is 9.46. The number of carbonyl (C=O) groups excluding carboxylic acids is 1. The molecule has 0 aromatic carbocycles. The predicted molar refractivity (Wildman–Crippen MR) is 148 cm³/mol. The zero-order chi connectivity index (χ0) is 25.4. The first-order valence-corrected chi connectivity index (χ1v) is 15.2. The molecule has 8 atom stereocenters. The maximum Gasteiger partial charge on any atom is 0.223 e. The standard InChI is InChI=1S/C32H56N2O/c1-22(2)9-8-10-23(3)27-13-14-28-26-12-11-25-21-24(30(35)33-19-20-34(6)7)15-17-31(25,4)29(26)16-18-32(27,28)5/h11,22-24,26-29H,8-10,12-21H2,1-7H3,(H,33,35)/t23-,24?,26+,27-,28+,29+,31+,32-/m1/s1. The molecule has 0 aromatic rings. The summed E-state index contributed by atoms with van der Waals surface area (Å²) in [6.07, 6.45) is 17.2. The van der Waals surface area contributed by atoms with E-state index in [0.717, 1.165) is 61.4 Å². The molecule has 0 aromatic heterocycles. The molecule has 0 aliphatic heterocycles. The highest BCUT2D eigenvalue weighted by Crippen LogP contribution is 2.67. The van der Waals surface area contributed by atoms with E-state index in [9.17, 15) is 4.79 Å². The Balaban J connectivity index is 1.41. The number of allylic oxidation sites excluding steroid dienone is 2. The normalized spacial score (nSPS) is 39.6. The number of carbonyl (C=O) groups is 1. The first-order chi connectivity index (χ1) is 16.6. The van der Waals surface area contributed by atoms with Gasteiger partial charge in [0, 0.05) is 19.0 Å². The Kier molecular flexibility index (Phi) is 8.46. The molecule has 3 heteroatoms. The van der Waals surface area contributed by atoms with Crippen LogP contribution in [-0.2, 0) is 4.79 Å². The Bertz CT molecular complexity index is 772. The van der Waals surface area contributed by atoms with Crippen LogP contribution >= 0.6 is 0 Å². The van der Waals surface area contributed by atoms with Gasteiger partial charge in [0.25, 0.3) is 0 Å². The van der Waals surface area contributed by atoms with Gasteiger partial charge in [-0.1, -0.05) is 65.5 Å². The fraction of sp³-hybridized carbons (Fsp3) is 0.906. The van der Waals surface area contributed by atoms with Crippen LogP contribution in [-0.4, -0.2) is 38.0 Å². The van der Waals surface area contributed by atoms with Gasteiger partial charge in [0.05, 0.1) is 0 Å². The number of hydrogen-bond acceptors (Lipinski definition) is 2. The van der Waals surface area contributed by atoms with E-state index in [1.807, 2.05) is 0 Å². The number of nitrogens with zero attached hydrogens (tertiary/aromatic N) is 1. The minimum atomic E-state index is 0.185. The number of nitrogens with one attached hydrogen (secondary N) is 1. The second-order valence-corrected chi connectivity index (χ2v) is 14.3. The molecule has 3 saturated carbocycles. The smallest absolute Gasteiger partial charge is 0.223 e. The monoisotopic (exact) mass is 484 g/mol. The van der Waals surface area contributed by atoms with Crippen LogP contribution in [0, 0.1) is 52.3 Å². The largest absolute Gasteiger partial charge is 0.355 e. The lowest BCUT2D eigenvalue weighted by atomic mass is 9.46. The van der Waals surface area contributed by atoms with Crippen LogP contribution in [0.4, 0.5) is 0 Å². The van der Waals surface area contributed by atoms with E-state index in [1.54, 1.807) is 5.57 Å². The molecule has 200 valence electrons. The van der Waals surface area contributed by atoms with Gasteiger partial charge >= 0.3 is 0 Å². The molecule has 0 radical (unpaired) electrons. The first-order valence-electron chi connectivity index (χ1n) is 15.2. The number of fused-ring (bicyclic) bond motifs is 5. The van der Waals surface area contributed by atoms with E-state index in [2.05, 4.69) is 65.0 Å². The number of hydrogen-bond donors (Lipinski definition) is 1. The highest BCUT2D eigenvalue weighted by atomic mass is 16.1. The van der Waals surface area contributed by atoms with E-state index in [4.69, 9.17) is 0 Å². The first kappa shape index (κ1) is 27.2. The number of amides is 1. The molecule has 35 heavy (non-hydrogen) atoms. The summed E-state index contributed by atoms with van der Waals surface area (Å²) in [6.45, 7) is 14.3. The summed E-state index contributed by atoms with van der Waals surface area (Å²) in [7, 11) is 4.13. The quantitative estimate of drug-likeness (QED) is 0.348. The maximum absolute atomic E-state index is 12.9. The molecule has 4 aliphatic carbocycles. The van der Waals surface area contributed by atoms with Gasteiger partial charge in [0.1, 0.15) is 0 Å². The van der Waals surface area contributed by atoms with Crippen molar-refractivity contribution >= 4 is 5.91 Å². The fourth-order valence-electron chi connectivity index (χ4n) is 9.46. The molecule has 0 bridgehead atoms. The lowest BCUT2D eigenvalue weighted by Gasteiger charge is -2.58. The summed E-state index contributed by atoms with van der Waals surface area (Å²) in [5, 5.41) is 3.21. The molecular weight excluding hydrogens is 428 g/mol. The lowest BCUT2D eigenvalue weighted by Crippen LogP contribution is -2.51. The Morgan fingerprint density at radius 2 is 1.83 bits per heavy atom. The zero-order valence-corrected chi connectivity index (χ0v) is 24.2. The third-order valence-corrected chi connectivity index (χ3v) is 11.5. The maximum atomic E-state index is 12.9. The highest BCUT2D eigenvalue weighted by Gasteiger charge is 2.59. The van der Waals surface area contributed by atoms with Gasteiger partial charge in [0.15, 0.2) is 0 Å². The van der Waals surface area contributed by atoms with Crippen LogP contribution in [0.3, 0.4) is 0 Å². The highest BCUT2D eigenvalue weighted by molar-refractivity contribution is 5.79. The Hall–Kier alpha value is -0.830. The Morgan fingerprint density at radius 1 is 1.06 bits per heavy atom. The van der Waals surface area contributed by atoms with E-state index in [1.165, 1.54) is 57.8 Å². The summed E-state index contributed by atoms with van der Waals surface area (Å²) in [5.41, 5.74) is 2.54. The van der Waals surface area contributed by atoms with Gasteiger partial charge in [-0.3, -0.25) is 4.79 Å². The summed E-state index contributed by atoms with van der Waals surface area (Å²) in [6, 6.07) is 0. The Morgan fingerprint density at radius 3 is 2.54 bits per heavy atom. The van der Waals surface area contributed by atoms with Gasteiger partial charge in [-0.05, 0) is 112 Å². The van der Waals surface area contributed by atoms with Gasteiger partial charge < -0.3 is 10.2 Å². The van der Waals surface area contributed by atoms with Gasteiger partial charge in [-0.2, -0.15) is 0 Å². The molecule has 0 heterocycles. The molecule has 0 saturated heterocycles.